The van der Waals surface area contributed by atoms with Crippen LogP contribution in [0, 0.1) is 0 Å². The van der Waals surface area contributed by atoms with E-state index in [9.17, 15) is 0 Å². The molecule has 0 saturated carbocycles. The molecule has 0 aliphatic carbocycles. The van der Waals surface area contributed by atoms with Gasteiger partial charge in [0.2, 0.25) is 0 Å². The number of hydrogen-bond acceptors (Lipinski definition) is 4. The number of ether oxygens (including phenoxy) is 4. The molecule has 0 spiro atoms. The van der Waals surface area contributed by atoms with Crippen molar-refractivity contribution in [2.75, 3.05) is 20.8 Å². The first-order valence-corrected chi connectivity index (χ1v) is 8.86. The average Bonchev–Trinajstić information content (AvgIpc) is 2.67. The van der Waals surface area contributed by atoms with Crippen LogP contribution in [0.4, 0.5) is 0 Å². The summed E-state index contributed by atoms with van der Waals surface area (Å²) >= 11 is 0. The fourth-order valence-electron chi connectivity index (χ4n) is 4.00. The van der Waals surface area contributed by atoms with Crippen molar-refractivity contribution in [3.05, 3.63) is 64.9 Å². The molecular weight excluding hydrogens is 328 g/mol. The quantitative estimate of drug-likeness (QED) is 0.814. The maximum atomic E-state index is 5.93. The predicted molar refractivity (Wildman–Crippen MR) is 100 cm³/mol. The molecule has 2 heterocycles. The Balaban J connectivity index is 1.67. The Bertz CT molecular complexity index is 855. The average molecular weight is 352 g/mol. The van der Waals surface area contributed by atoms with E-state index in [1.165, 1.54) is 22.3 Å². The van der Waals surface area contributed by atoms with Gasteiger partial charge in [-0.05, 0) is 52.9 Å². The molecule has 1 atom stereocenters. The third-order valence-corrected chi connectivity index (χ3v) is 5.34. The molecule has 0 N–H and O–H groups in total. The summed E-state index contributed by atoms with van der Waals surface area (Å²) in [5, 5.41) is 0. The van der Waals surface area contributed by atoms with Crippen LogP contribution in [0.15, 0.2) is 42.7 Å². The zero-order valence-electron chi connectivity index (χ0n) is 15.5. The van der Waals surface area contributed by atoms with Crippen molar-refractivity contribution in [1.29, 1.82) is 0 Å². The first-order chi connectivity index (χ1) is 12.6. The van der Waals surface area contributed by atoms with Crippen LogP contribution in [-0.2, 0) is 28.1 Å². The first kappa shape index (κ1) is 17.0. The molecule has 4 heteroatoms. The SMILES string of the molecule is COc1ccc2c(c1)COC=C2CC1(C)COCc2cc(OC)ccc21. The van der Waals surface area contributed by atoms with E-state index in [1.807, 2.05) is 18.4 Å². The number of hydrogen-bond donors (Lipinski definition) is 0. The second-order valence-corrected chi connectivity index (χ2v) is 7.23. The summed E-state index contributed by atoms with van der Waals surface area (Å²) in [5.41, 5.74) is 6.01. The summed E-state index contributed by atoms with van der Waals surface area (Å²) in [6.07, 6.45) is 2.75. The largest absolute Gasteiger partial charge is 0.497 e. The van der Waals surface area contributed by atoms with Gasteiger partial charge in [-0.2, -0.15) is 0 Å². The minimum absolute atomic E-state index is 0.108. The molecule has 2 aromatic rings. The Morgan fingerprint density at radius 2 is 1.69 bits per heavy atom. The van der Waals surface area contributed by atoms with Crippen LogP contribution in [0.1, 0.15) is 35.6 Å². The molecule has 2 aromatic carbocycles. The van der Waals surface area contributed by atoms with Gasteiger partial charge in [-0.15, -0.1) is 0 Å². The Hall–Kier alpha value is -2.46. The van der Waals surface area contributed by atoms with Crippen LogP contribution >= 0.6 is 0 Å². The topological polar surface area (TPSA) is 36.9 Å². The highest BCUT2D eigenvalue weighted by atomic mass is 16.5. The molecule has 2 aliphatic rings. The first-order valence-electron chi connectivity index (χ1n) is 8.86. The highest BCUT2D eigenvalue weighted by molar-refractivity contribution is 5.71. The molecule has 4 rings (SSSR count). The molecule has 26 heavy (non-hydrogen) atoms. The minimum atomic E-state index is -0.108. The Labute approximate surface area is 154 Å². The lowest BCUT2D eigenvalue weighted by molar-refractivity contribution is 0.0588. The molecule has 4 nitrogen and oxygen atoms in total. The zero-order valence-corrected chi connectivity index (χ0v) is 15.5. The second kappa shape index (κ2) is 6.69. The number of rotatable bonds is 4. The molecule has 0 bridgehead atoms. The molecule has 0 radical (unpaired) electrons. The number of benzene rings is 2. The minimum Gasteiger partial charge on any atom is -0.497 e. The van der Waals surface area contributed by atoms with Crippen LogP contribution in [0.2, 0.25) is 0 Å². The molecule has 136 valence electrons. The van der Waals surface area contributed by atoms with Gasteiger partial charge in [-0.1, -0.05) is 19.1 Å². The summed E-state index contributed by atoms with van der Waals surface area (Å²) in [7, 11) is 3.38. The van der Waals surface area contributed by atoms with Crippen molar-refractivity contribution in [3.8, 4) is 11.5 Å². The normalized spacial score (nSPS) is 21.1. The van der Waals surface area contributed by atoms with Gasteiger partial charge in [0.1, 0.15) is 18.1 Å². The second-order valence-electron chi connectivity index (χ2n) is 7.23. The summed E-state index contributed by atoms with van der Waals surface area (Å²) < 4.78 is 22.4. The molecule has 0 saturated heterocycles. The van der Waals surface area contributed by atoms with Crippen molar-refractivity contribution in [3.63, 3.8) is 0 Å². The smallest absolute Gasteiger partial charge is 0.119 e. The van der Waals surface area contributed by atoms with E-state index in [-0.39, 0.29) is 5.41 Å². The van der Waals surface area contributed by atoms with E-state index in [0.29, 0.717) is 19.8 Å². The summed E-state index contributed by atoms with van der Waals surface area (Å²) in [5.74, 6) is 1.73. The highest BCUT2D eigenvalue weighted by Crippen LogP contribution is 2.42. The van der Waals surface area contributed by atoms with Gasteiger partial charge in [-0.25, -0.2) is 0 Å². The van der Waals surface area contributed by atoms with Crippen LogP contribution in [0.25, 0.3) is 5.57 Å². The van der Waals surface area contributed by atoms with E-state index < -0.39 is 0 Å². The van der Waals surface area contributed by atoms with Crippen molar-refractivity contribution < 1.29 is 18.9 Å². The third-order valence-electron chi connectivity index (χ3n) is 5.34. The standard InChI is InChI=1S/C22H24O4/c1-22(14-26-12-16-9-19(24-3)5-7-21(16)22)10-17-13-25-11-15-8-18(23-2)4-6-20(15)17/h4-9,13H,10-12,14H2,1-3H3. The van der Waals surface area contributed by atoms with Gasteiger partial charge in [0, 0.05) is 11.0 Å². The monoisotopic (exact) mass is 352 g/mol. The maximum Gasteiger partial charge on any atom is 0.119 e. The van der Waals surface area contributed by atoms with Crippen LogP contribution in [0.5, 0.6) is 11.5 Å². The fraction of sp³-hybridized carbons (Fsp3) is 0.364. The van der Waals surface area contributed by atoms with Crippen molar-refractivity contribution in [2.45, 2.75) is 32.0 Å². The lowest BCUT2D eigenvalue weighted by atomic mass is 9.73. The summed E-state index contributed by atoms with van der Waals surface area (Å²) in [6, 6.07) is 12.5. The van der Waals surface area contributed by atoms with Crippen molar-refractivity contribution in [1.82, 2.24) is 0 Å². The third kappa shape index (κ3) is 2.95. The summed E-state index contributed by atoms with van der Waals surface area (Å²) in [6.45, 7) is 4.16. The molecule has 0 amide bonds. The van der Waals surface area contributed by atoms with Gasteiger partial charge in [0.05, 0.1) is 33.7 Å². The van der Waals surface area contributed by atoms with Crippen molar-refractivity contribution >= 4 is 5.57 Å². The predicted octanol–water partition coefficient (Wildman–Crippen LogP) is 4.45. The van der Waals surface area contributed by atoms with Gasteiger partial charge >= 0.3 is 0 Å². The van der Waals surface area contributed by atoms with Gasteiger partial charge in [0.25, 0.3) is 0 Å². The van der Waals surface area contributed by atoms with Crippen molar-refractivity contribution in [2.24, 2.45) is 0 Å². The van der Waals surface area contributed by atoms with Gasteiger partial charge in [0.15, 0.2) is 0 Å². The fourth-order valence-corrected chi connectivity index (χ4v) is 4.00. The Morgan fingerprint density at radius 3 is 2.46 bits per heavy atom. The highest BCUT2D eigenvalue weighted by Gasteiger charge is 2.35. The molecular formula is C22H24O4. The van der Waals surface area contributed by atoms with Crippen LogP contribution < -0.4 is 9.47 Å². The van der Waals surface area contributed by atoms with Gasteiger partial charge < -0.3 is 18.9 Å². The van der Waals surface area contributed by atoms with E-state index in [0.717, 1.165) is 23.5 Å². The van der Waals surface area contributed by atoms with E-state index in [2.05, 4.69) is 31.2 Å². The van der Waals surface area contributed by atoms with E-state index in [1.54, 1.807) is 14.2 Å². The molecule has 0 fully saturated rings. The van der Waals surface area contributed by atoms with Crippen LogP contribution in [-0.4, -0.2) is 20.8 Å². The van der Waals surface area contributed by atoms with E-state index >= 15 is 0 Å². The van der Waals surface area contributed by atoms with Gasteiger partial charge in [-0.3, -0.25) is 0 Å². The number of fused-ring (bicyclic) bond motifs is 2. The Morgan fingerprint density at radius 1 is 0.962 bits per heavy atom. The lowest BCUT2D eigenvalue weighted by Gasteiger charge is -2.37. The number of methoxy groups -OCH3 is 2. The number of allylic oxidation sites excluding steroid dienone is 1. The molecule has 1 unspecified atom stereocenters. The molecule has 2 aliphatic heterocycles. The Kier molecular flexibility index (Phi) is 4.37. The summed E-state index contributed by atoms with van der Waals surface area (Å²) in [4.78, 5) is 0. The van der Waals surface area contributed by atoms with Crippen LogP contribution in [0.3, 0.4) is 0 Å². The molecule has 0 aromatic heterocycles. The maximum absolute atomic E-state index is 5.93. The van der Waals surface area contributed by atoms with E-state index in [4.69, 9.17) is 18.9 Å². The lowest BCUT2D eigenvalue weighted by Crippen LogP contribution is -2.34. The zero-order chi connectivity index (χ0) is 18.1.